The van der Waals surface area contributed by atoms with Crippen LogP contribution in [0.4, 0.5) is 5.13 Å². The van der Waals surface area contributed by atoms with Gasteiger partial charge in [0.2, 0.25) is 0 Å². The van der Waals surface area contributed by atoms with E-state index in [1.54, 1.807) is 36.3 Å². The number of hydrogen-bond acceptors (Lipinski definition) is 7. The zero-order valence-electron chi connectivity index (χ0n) is 16.0. The maximum absolute atomic E-state index is 13.0. The molecule has 0 bridgehead atoms. The van der Waals surface area contributed by atoms with Crippen molar-refractivity contribution in [1.29, 1.82) is 0 Å². The van der Waals surface area contributed by atoms with Crippen molar-refractivity contribution in [2.24, 2.45) is 0 Å². The Hall–Kier alpha value is -3.59. The first-order valence-corrected chi connectivity index (χ1v) is 10.1. The van der Waals surface area contributed by atoms with E-state index < -0.39 is 0 Å². The number of carbonyl (C=O) groups excluding carboxylic acids is 2. The molecule has 8 nitrogen and oxygen atoms in total. The van der Waals surface area contributed by atoms with Gasteiger partial charge in [0, 0.05) is 23.2 Å². The number of carbonyl (C=O) groups is 2. The molecule has 0 saturated heterocycles. The standard InChI is InChI=1S/C21H17N3O5S/c1-27-14-5-2-4-12-10-16(29-18(12)14)20(26)24-8-7-13-17(11-24)30-21(22-13)23-19(25)15-6-3-9-28-15/h2-6,9-10H,7-8,11H2,1H3,(H,22,23,25). The van der Waals surface area contributed by atoms with Gasteiger partial charge in [-0.1, -0.05) is 23.5 Å². The average Bonchev–Trinajstić information content (AvgIpc) is 3.50. The molecular weight excluding hydrogens is 406 g/mol. The molecule has 0 saturated carbocycles. The predicted octanol–water partition coefficient (Wildman–Crippen LogP) is 3.94. The van der Waals surface area contributed by atoms with Crippen LogP contribution in [0.5, 0.6) is 5.75 Å². The largest absolute Gasteiger partial charge is 0.493 e. The molecule has 0 radical (unpaired) electrons. The maximum Gasteiger partial charge on any atom is 0.293 e. The number of thiazole rings is 1. The van der Waals surface area contributed by atoms with Gasteiger partial charge in [0.15, 0.2) is 28.0 Å². The maximum atomic E-state index is 13.0. The first-order valence-electron chi connectivity index (χ1n) is 9.31. The normalized spacial score (nSPS) is 13.3. The third kappa shape index (κ3) is 3.22. The molecule has 0 spiro atoms. The van der Waals surface area contributed by atoms with Gasteiger partial charge in [-0.25, -0.2) is 4.98 Å². The molecule has 3 aromatic heterocycles. The third-order valence-electron chi connectivity index (χ3n) is 4.92. The van der Waals surface area contributed by atoms with Gasteiger partial charge in [0.25, 0.3) is 11.8 Å². The molecule has 9 heteroatoms. The van der Waals surface area contributed by atoms with Crippen LogP contribution >= 0.6 is 11.3 Å². The van der Waals surface area contributed by atoms with E-state index >= 15 is 0 Å². The number of furan rings is 2. The number of methoxy groups -OCH3 is 1. The predicted molar refractivity (Wildman–Crippen MR) is 110 cm³/mol. The first-order chi connectivity index (χ1) is 14.6. The van der Waals surface area contributed by atoms with Crippen LogP contribution in [-0.4, -0.2) is 35.4 Å². The molecule has 1 aliphatic heterocycles. The summed E-state index contributed by atoms with van der Waals surface area (Å²) in [4.78, 5) is 32.3. The highest BCUT2D eigenvalue weighted by Gasteiger charge is 2.27. The fraction of sp³-hybridized carbons (Fsp3) is 0.190. The van der Waals surface area contributed by atoms with Crippen LogP contribution in [0, 0.1) is 0 Å². The van der Waals surface area contributed by atoms with E-state index in [4.69, 9.17) is 13.6 Å². The summed E-state index contributed by atoms with van der Waals surface area (Å²) in [7, 11) is 1.57. The zero-order valence-corrected chi connectivity index (χ0v) is 16.8. The van der Waals surface area contributed by atoms with Crippen LogP contribution in [0.15, 0.2) is 51.5 Å². The van der Waals surface area contributed by atoms with Crippen molar-refractivity contribution in [3.8, 4) is 5.75 Å². The number of fused-ring (bicyclic) bond motifs is 2. The quantitative estimate of drug-likeness (QED) is 0.534. The van der Waals surface area contributed by atoms with Crippen LogP contribution < -0.4 is 10.1 Å². The summed E-state index contributed by atoms with van der Waals surface area (Å²) in [6.45, 7) is 0.936. The molecular formula is C21H17N3O5S. The van der Waals surface area contributed by atoms with Crippen molar-refractivity contribution in [2.45, 2.75) is 13.0 Å². The summed E-state index contributed by atoms with van der Waals surface area (Å²) in [5.74, 6) is 0.546. The van der Waals surface area contributed by atoms with Gasteiger partial charge in [0.1, 0.15) is 0 Å². The van der Waals surface area contributed by atoms with E-state index in [2.05, 4.69) is 10.3 Å². The Morgan fingerprint density at radius 2 is 2.13 bits per heavy atom. The van der Waals surface area contributed by atoms with Gasteiger partial charge in [-0.15, -0.1) is 0 Å². The molecule has 152 valence electrons. The number of amides is 2. The van der Waals surface area contributed by atoms with Crippen molar-refractivity contribution in [3.05, 3.63) is 64.8 Å². The van der Waals surface area contributed by atoms with Crippen molar-refractivity contribution in [2.75, 3.05) is 19.0 Å². The molecule has 0 aliphatic carbocycles. The molecule has 2 amide bonds. The molecule has 1 N–H and O–H groups in total. The second-order valence-electron chi connectivity index (χ2n) is 6.79. The molecule has 4 aromatic rings. The lowest BCUT2D eigenvalue weighted by atomic mass is 10.1. The Morgan fingerprint density at radius 1 is 1.23 bits per heavy atom. The zero-order chi connectivity index (χ0) is 20.7. The second-order valence-corrected chi connectivity index (χ2v) is 7.87. The summed E-state index contributed by atoms with van der Waals surface area (Å²) in [5.41, 5.74) is 1.45. The summed E-state index contributed by atoms with van der Waals surface area (Å²) in [5, 5.41) is 4.05. The number of hydrogen-bond donors (Lipinski definition) is 1. The van der Waals surface area contributed by atoms with E-state index in [1.165, 1.54) is 17.6 Å². The monoisotopic (exact) mass is 423 g/mol. The molecule has 1 aliphatic rings. The molecule has 5 rings (SSSR count). The van der Waals surface area contributed by atoms with Gasteiger partial charge in [-0.05, 0) is 24.3 Å². The van der Waals surface area contributed by atoms with Crippen LogP contribution in [0.3, 0.4) is 0 Å². The minimum absolute atomic E-state index is 0.187. The van der Waals surface area contributed by atoms with E-state index in [1.807, 2.05) is 12.1 Å². The van der Waals surface area contributed by atoms with E-state index in [9.17, 15) is 9.59 Å². The minimum Gasteiger partial charge on any atom is -0.493 e. The van der Waals surface area contributed by atoms with Gasteiger partial charge in [-0.2, -0.15) is 0 Å². The van der Waals surface area contributed by atoms with Crippen molar-refractivity contribution in [1.82, 2.24) is 9.88 Å². The lowest BCUT2D eigenvalue weighted by molar-refractivity contribution is 0.0706. The summed E-state index contributed by atoms with van der Waals surface area (Å²) < 4.78 is 16.2. The lowest BCUT2D eigenvalue weighted by Gasteiger charge is -2.25. The first kappa shape index (κ1) is 18.4. The second kappa shape index (κ2) is 7.34. The fourth-order valence-corrected chi connectivity index (χ4v) is 4.47. The van der Waals surface area contributed by atoms with Crippen LogP contribution in [0.25, 0.3) is 11.0 Å². The lowest BCUT2D eigenvalue weighted by Crippen LogP contribution is -2.35. The van der Waals surface area contributed by atoms with Crippen LogP contribution in [0.1, 0.15) is 31.7 Å². The molecule has 4 heterocycles. The van der Waals surface area contributed by atoms with Crippen molar-refractivity contribution >= 4 is 39.3 Å². The SMILES string of the molecule is COc1cccc2cc(C(=O)N3CCc4nc(NC(=O)c5ccco5)sc4C3)oc12. The average molecular weight is 423 g/mol. The van der Waals surface area contributed by atoms with Gasteiger partial charge < -0.3 is 18.5 Å². The van der Waals surface area contributed by atoms with Crippen LogP contribution in [0.2, 0.25) is 0 Å². The third-order valence-corrected chi connectivity index (χ3v) is 5.92. The summed E-state index contributed by atoms with van der Waals surface area (Å²) >= 11 is 1.36. The highest BCUT2D eigenvalue weighted by atomic mass is 32.1. The Bertz CT molecular complexity index is 1240. The smallest absolute Gasteiger partial charge is 0.293 e. The highest BCUT2D eigenvalue weighted by Crippen LogP contribution is 2.32. The Kier molecular flexibility index (Phi) is 4.51. The molecule has 0 unspecified atom stereocenters. The number of para-hydroxylation sites is 1. The van der Waals surface area contributed by atoms with E-state index in [0.29, 0.717) is 36.0 Å². The Balaban J connectivity index is 1.33. The van der Waals surface area contributed by atoms with Crippen LogP contribution in [-0.2, 0) is 13.0 Å². The number of rotatable bonds is 4. The number of benzene rings is 1. The topological polar surface area (TPSA) is 97.8 Å². The summed E-state index contributed by atoms with van der Waals surface area (Å²) in [6.07, 6.45) is 2.05. The number of nitrogens with zero attached hydrogens (tertiary/aromatic N) is 2. The fourth-order valence-electron chi connectivity index (χ4n) is 3.45. The van der Waals surface area contributed by atoms with Gasteiger partial charge >= 0.3 is 0 Å². The van der Waals surface area contributed by atoms with Gasteiger partial charge in [-0.3, -0.25) is 14.9 Å². The highest BCUT2D eigenvalue weighted by molar-refractivity contribution is 7.15. The number of nitrogens with one attached hydrogen (secondary N) is 1. The van der Waals surface area contributed by atoms with Crippen molar-refractivity contribution in [3.63, 3.8) is 0 Å². The van der Waals surface area contributed by atoms with E-state index in [-0.39, 0.29) is 23.3 Å². The Labute approximate surface area is 175 Å². The number of aromatic nitrogens is 1. The molecule has 0 fully saturated rings. The Morgan fingerprint density at radius 3 is 2.93 bits per heavy atom. The van der Waals surface area contributed by atoms with Gasteiger partial charge in [0.05, 0.1) is 25.6 Å². The minimum atomic E-state index is -0.352. The molecule has 1 aromatic carbocycles. The molecule has 30 heavy (non-hydrogen) atoms. The summed E-state index contributed by atoms with van der Waals surface area (Å²) in [6, 6.07) is 10.5. The number of anilines is 1. The number of ether oxygens (including phenoxy) is 1. The van der Waals surface area contributed by atoms with Crippen molar-refractivity contribution < 1.29 is 23.2 Å². The van der Waals surface area contributed by atoms with E-state index in [0.717, 1.165) is 16.0 Å². The molecule has 0 atom stereocenters.